The Balaban J connectivity index is 1.74. The Labute approximate surface area is 178 Å². The number of nitro groups is 1. The number of hydrogen-bond donors (Lipinski definition) is 1. The van der Waals surface area contributed by atoms with Crippen LogP contribution < -0.4 is 15.0 Å². The Bertz CT molecular complexity index is 1240. The maximum absolute atomic E-state index is 12.5. The van der Waals surface area contributed by atoms with Gasteiger partial charge in [-0.3, -0.25) is 14.9 Å². The summed E-state index contributed by atoms with van der Waals surface area (Å²) in [5, 5.41) is 15.4. The number of nitrogens with zero attached hydrogens (tertiary/aromatic N) is 3. The molecule has 31 heavy (non-hydrogen) atoms. The Hall–Kier alpha value is -3.57. The van der Waals surface area contributed by atoms with Crippen molar-refractivity contribution in [2.24, 2.45) is 0 Å². The average molecular weight is 444 g/mol. The zero-order valence-corrected chi connectivity index (χ0v) is 17.4. The molecule has 0 spiro atoms. The minimum absolute atomic E-state index is 0.0520. The van der Waals surface area contributed by atoms with Gasteiger partial charge in [0.15, 0.2) is 4.90 Å². The van der Waals surface area contributed by atoms with Crippen molar-refractivity contribution in [3.8, 4) is 17.0 Å². The third-order valence-corrected chi connectivity index (χ3v) is 5.80. The molecule has 0 saturated heterocycles. The minimum atomic E-state index is -4.14. The first-order valence-corrected chi connectivity index (χ1v) is 10.8. The molecule has 0 aliphatic carbocycles. The summed E-state index contributed by atoms with van der Waals surface area (Å²) in [6.07, 6.45) is 0. The van der Waals surface area contributed by atoms with Crippen molar-refractivity contribution in [3.63, 3.8) is 0 Å². The maximum atomic E-state index is 12.5. The lowest BCUT2D eigenvalue weighted by molar-refractivity contribution is -0.387. The van der Waals surface area contributed by atoms with E-state index in [-0.39, 0.29) is 13.1 Å². The highest BCUT2D eigenvalue weighted by Gasteiger charge is 2.24. The van der Waals surface area contributed by atoms with Crippen LogP contribution in [0.1, 0.15) is 6.92 Å². The lowest BCUT2D eigenvalue weighted by Crippen LogP contribution is -2.32. The van der Waals surface area contributed by atoms with Crippen LogP contribution in [0.4, 0.5) is 5.69 Å². The molecule has 0 amide bonds. The molecule has 3 rings (SSSR count). The Morgan fingerprint density at radius 3 is 2.48 bits per heavy atom. The second-order valence-corrected chi connectivity index (χ2v) is 8.10. The van der Waals surface area contributed by atoms with Crippen LogP contribution in [0, 0.1) is 10.1 Å². The van der Waals surface area contributed by atoms with E-state index in [1.165, 1.54) is 18.2 Å². The molecule has 0 aliphatic heterocycles. The van der Waals surface area contributed by atoms with Crippen LogP contribution in [0.15, 0.2) is 70.4 Å². The smallest absolute Gasteiger partial charge is 0.289 e. The monoisotopic (exact) mass is 444 g/mol. The van der Waals surface area contributed by atoms with Crippen molar-refractivity contribution in [1.29, 1.82) is 0 Å². The van der Waals surface area contributed by atoms with E-state index in [9.17, 15) is 23.3 Å². The Morgan fingerprint density at radius 2 is 1.81 bits per heavy atom. The predicted molar refractivity (Wildman–Crippen MR) is 113 cm³/mol. The molecule has 162 valence electrons. The fourth-order valence-electron chi connectivity index (χ4n) is 2.85. The molecular weight excluding hydrogens is 424 g/mol. The van der Waals surface area contributed by atoms with Crippen molar-refractivity contribution in [1.82, 2.24) is 14.5 Å². The van der Waals surface area contributed by atoms with E-state index < -0.39 is 31.1 Å². The second kappa shape index (κ2) is 9.49. The summed E-state index contributed by atoms with van der Waals surface area (Å²) in [7, 11) is -4.14. The van der Waals surface area contributed by atoms with Gasteiger partial charge in [0, 0.05) is 24.2 Å². The third kappa shape index (κ3) is 5.32. The van der Waals surface area contributed by atoms with Gasteiger partial charge in [0.05, 0.1) is 23.8 Å². The van der Waals surface area contributed by atoms with E-state index in [1.54, 1.807) is 30.3 Å². The summed E-state index contributed by atoms with van der Waals surface area (Å²) in [5.41, 5.74) is 0.365. The number of hydrogen-bond acceptors (Lipinski definition) is 7. The molecule has 10 nitrogen and oxygen atoms in total. The van der Waals surface area contributed by atoms with Gasteiger partial charge in [-0.05, 0) is 43.3 Å². The van der Waals surface area contributed by atoms with Crippen LogP contribution in [0.5, 0.6) is 5.75 Å². The summed E-state index contributed by atoms with van der Waals surface area (Å²) in [4.78, 5) is 22.0. The van der Waals surface area contributed by atoms with Gasteiger partial charge in [-0.15, -0.1) is 0 Å². The molecule has 1 heterocycles. The van der Waals surface area contributed by atoms with E-state index in [4.69, 9.17) is 4.74 Å². The van der Waals surface area contributed by atoms with Gasteiger partial charge in [0.2, 0.25) is 10.0 Å². The zero-order valence-electron chi connectivity index (χ0n) is 16.6. The Morgan fingerprint density at radius 1 is 1.10 bits per heavy atom. The van der Waals surface area contributed by atoms with Gasteiger partial charge < -0.3 is 4.74 Å². The highest BCUT2D eigenvalue weighted by atomic mass is 32.2. The fourth-order valence-corrected chi connectivity index (χ4v) is 4.04. The molecule has 0 saturated carbocycles. The van der Waals surface area contributed by atoms with Gasteiger partial charge in [0.25, 0.3) is 11.2 Å². The molecule has 1 aromatic heterocycles. The topological polar surface area (TPSA) is 133 Å². The number of aromatic nitrogens is 2. The first-order chi connectivity index (χ1) is 14.8. The lowest BCUT2D eigenvalue weighted by Gasteiger charge is -2.10. The second-order valence-electron chi connectivity index (χ2n) is 6.36. The number of rotatable bonds is 9. The van der Waals surface area contributed by atoms with Gasteiger partial charge >= 0.3 is 0 Å². The van der Waals surface area contributed by atoms with E-state index in [1.807, 2.05) is 6.92 Å². The van der Waals surface area contributed by atoms with Crippen LogP contribution >= 0.6 is 0 Å². The molecule has 3 aromatic rings. The van der Waals surface area contributed by atoms with Gasteiger partial charge in [-0.1, -0.05) is 12.1 Å². The molecule has 11 heteroatoms. The quantitative estimate of drug-likeness (QED) is 0.395. The SMILES string of the molecule is CCOc1ccc(-c2ccc(=O)n(CCNS(=O)(=O)c3ccccc3[N+](=O)[O-])n2)cc1. The highest BCUT2D eigenvalue weighted by molar-refractivity contribution is 7.89. The molecule has 0 aliphatic rings. The molecule has 0 bridgehead atoms. The van der Waals surface area contributed by atoms with Crippen LogP contribution in [-0.2, 0) is 16.6 Å². The number of ether oxygens (including phenoxy) is 1. The fraction of sp³-hybridized carbons (Fsp3) is 0.200. The summed E-state index contributed by atoms with van der Waals surface area (Å²) in [6.45, 7) is 2.21. The highest BCUT2D eigenvalue weighted by Crippen LogP contribution is 2.22. The molecule has 0 atom stereocenters. The number of nitro benzene ring substituents is 1. The van der Waals surface area contributed by atoms with Crippen molar-refractivity contribution in [3.05, 3.63) is 81.1 Å². The lowest BCUT2D eigenvalue weighted by atomic mass is 10.1. The zero-order chi connectivity index (χ0) is 22.4. The minimum Gasteiger partial charge on any atom is -0.494 e. The summed E-state index contributed by atoms with van der Waals surface area (Å²) in [6, 6.07) is 15.1. The number of para-hydroxylation sites is 1. The molecule has 1 N–H and O–H groups in total. The van der Waals surface area contributed by atoms with Crippen LogP contribution in [0.25, 0.3) is 11.3 Å². The molecule has 0 radical (unpaired) electrons. The van der Waals surface area contributed by atoms with E-state index in [2.05, 4.69) is 9.82 Å². The van der Waals surface area contributed by atoms with E-state index >= 15 is 0 Å². The van der Waals surface area contributed by atoms with Crippen LogP contribution in [-0.4, -0.2) is 36.3 Å². The summed E-state index contributed by atoms with van der Waals surface area (Å²) >= 11 is 0. The molecule has 0 unspecified atom stereocenters. The summed E-state index contributed by atoms with van der Waals surface area (Å²) < 4.78 is 33.8. The maximum Gasteiger partial charge on any atom is 0.289 e. The first kappa shape index (κ1) is 22.1. The number of sulfonamides is 1. The molecular formula is C20H20N4O6S. The van der Waals surface area contributed by atoms with Gasteiger partial charge in [0.1, 0.15) is 5.75 Å². The molecule has 2 aromatic carbocycles. The van der Waals surface area contributed by atoms with Crippen LogP contribution in [0.2, 0.25) is 0 Å². The Kier molecular flexibility index (Phi) is 6.78. The van der Waals surface area contributed by atoms with Gasteiger partial charge in [-0.25, -0.2) is 17.8 Å². The summed E-state index contributed by atoms with van der Waals surface area (Å²) in [5.74, 6) is 0.712. The van der Waals surface area contributed by atoms with Crippen molar-refractivity contribution in [2.45, 2.75) is 18.4 Å². The van der Waals surface area contributed by atoms with Crippen molar-refractivity contribution < 1.29 is 18.1 Å². The van der Waals surface area contributed by atoms with E-state index in [0.29, 0.717) is 18.1 Å². The normalized spacial score (nSPS) is 11.3. The number of nitrogens with one attached hydrogen (secondary N) is 1. The third-order valence-electron chi connectivity index (χ3n) is 4.29. The molecule has 0 fully saturated rings. The standard InChI is InChI=1S/C20H20N4O6S/c1-2-30-16-9-7-15(8-10-16)17-11-12-20(25)23(22-17)14-13-21-31(28,29)19-6-4-3-5-18(19)24(26)27/h3-12,21H,2,13-14H2,1H3. The first-order valence-electron chi connectivity index (χ1n) is 9.36. The van der Waals surface area contributed by atoms with Gasteiger partial charge in [-0.2, -0.15) is 5.10 Å². The number of benzene rings is 2. The van der Waals surface area contributed by atoms with Crippen molar-refractivity contribution >= 4 is 15.7 Å². The average Bonchev–Trinajstić information content (AvgIpc) is 2.76. The largest absolute Gasteiger partial charge is 0.494 e. The van der Waals surface area contributed by atoms with Crippen molar-refractivity contribution in [2.75, 3.05) is 13.2 Å². The predicted octanol–water partition coefficient (Wildman–Crippen LogP) is 2.20. The van der Waals surface area contributed by atoms with E-state index in [0.717, 1.165) is 22.4 Å². The van der Waals surface area contributed by atoms with Crippen LogP contribution in [0.3, 0.4) is 0 Å².